The van der Waals surface area contributed by atoms with Crippen molar-refractivity contribution in [3.05, 3.63) is 101 Å². The van der Waals surface area contributed by atoms with Crippen LogP contribution in [0.1, 0.15) is 6.92 Å². The summed E-state index contributed by atoms with van der Waals surface area (Å²) in [6.45, 7) is 1.63. The highest BCUT2D eigenvalue weighted by Gasteiger charge is 2.23. The van der Waals surface area contributed by atoms with E-state index in [0.29, 0.717) is 36.4 Å². The van der Waals surface area contributed by atoms with Gasteiger partial charge >= 0.3 is 0 Å². The molecule has 0 heterocycles. The van der Waals surface area contributed by atoms with Crippen LogP contribution >= 0.6 is 0 Å². The van der Waals surface area contributed by atoms with Gasteiger partial charge in [-0.2, -0.15) is 0 Å². The molecule has 0 atom stereocenters. The summed E-state index contributed by atoms with van der Waals surface area (Å²) in [6.07, 6.45) is 0. The molecule has 4 rings (SSSR count). The van der Waals surface area contributed by atoms with Gasteiger partial charge < -0.3 is 4.74 Å². The maximum absolute atomic E-state index is 14.2. The number of rotatable bonds is 5. The van der Waals surface area contributed by atoms with Gasteiger partial charge in [-0.25, -0.2) is 39.5 Å². The first-order chi connectivity index (χ1) is 17.0. The van der Waals surface area contributed by atoms with Crippen LogP contribution in [0, 0.1) is 52.4 Å². The fraction of sp³-hybridized carbons (Fsp3) is 0.0769. The lowest BCUT2D eigenvalue weighted by Gasteiger charge is -2.19. The Morgan fingerprint density at radius 3 is 1.08 bits per heavy atom. The van der Waals surface area contributed by atoms with Crippen LogP contribution in [0.3, 0.4) is 0 Å². The lowest BCUT2D eigenvalue weighted by Crippen LogP contribution is -2.00. The van der Waals surface area contributed by atoms with E-state index in [9.17, 15) is 39.5 Å². The largest absolute Gasteiger partial charge is 0.494 e. The molecule has 4 aromatic carbocycles. The van der Waals surface area contributed by atoms with Crippen LogP contribution in [0.15, 0.2) is 48.5 Å². The van der Waals surface area contributed by atoms with E-state index in [1.807, 2.05) is 0 Å². The fourth-order valence-electron chi connectivity index (χ4n) is 3.75. The number of benzene rings is 4. The molecular formula is C26H13F9O. The summed E-state index contributed by atoms with van der Waals surface area (Å²) in [5.41, 5.74) is -1.83. The first kappa shape index (κ1) is 25.2. The second-order valence-corrected chi connectivity index (χ2v) is 7.59. The van der Waals surface area contributed by atoms with Crippen LogP contribution in [0.2, 0.25) is 0 Å². The van der Waals surface area contributed by atoms with Crippen molar-refractivity contribution in [2.75, 3.05) is 6.61 Å². The third-order valence-electron chi connectivity index (χ3n) is 5.29. The standard InChI is InChI=1S/C26H13F9O/c1-2-36-14-9-15(11-3-17(27)24(33)18(28)4-11)23(13-7-21(31)26(35)22(32)8-13)16(10-14)12-5-19(29)25(34)20(30)6-12/h3-10H,2H2,1H3. The van der Waals surface area contributed by atoms with Gasteiger partial charge in [-0.15, -0.1) is 0 Å². The second-order valence-electron chi connectivity index (χ2n) is 7.59. The zero-order valence-corrected chi connectivity index (χ0v) is 18.1. The highest BCUT2D eigenvalue weighted by atomic mass is 19.2. The molecule has 0 aromatic heterocycles. The minimum atomic E-state index is -1.81. The van der Waals surface area contributed by atoms with Crippen LogP contribution in [0.25, 0.3) is 33.4 Å². The van der Waals surface area contributed by atoms with Crippen LogP contribution in [0.4, 0.5) is 39.5 Å². The van der Waals surface area contributed by atoms with Crippen molar-refractivity contribution >= 4 is 0 Å². The normalized spacial score (nSPS) is 11.2. The Morgan fingerprint density at radius 1 is 0.472 bits per heavy atom. The molecule has 186 valence electrons. The van der Waals surface area contributed by atoms with Crippen LogP contribution in [-0.4, -0.2) is 6.61 Å². The SMILES string of the molecule is CCOc1cc(-c2cc(F)c(F)c(F)c2)c(-c2cc(F)c(F)c(F)c2)c(-c2cc(F)c(F)c(F)c2)c1. The minimum absolute atomic E-state index is 0.0235. The van der Waals surface area contributed by atoms with Crippen molar-refractivity contribution in [3.8, 4) is 39.1 Å². The summed E-state index contributed by atoms with van der Waals surface area (Å²) < 4.78 is 131. The molecule has 36 heavy (non-hydrogen) atoms. The minimum Gasteiger partial charge on any atom is -0.494 e. The molecule has 0 unspecified atom stereocenters. The van der Waals surface area contributed by atoms with Gasteiger partial charge in [-0.1, -0.05) is 0 Å². The first-order valence-electron chi connectivity index (χ1n) is 10.3. The topological polar surface area (TPSA) is 9.23 Å². The van der Waals surface area contributed by atoms with E-state index in [0.717, 1.165) is 0 Å². The number of ether oxygens (including phenoxy) is 1. The Hall–Kier alpha value is -3.95. The molecule has 0 N–H and O–H groups in total. The number of halogens is 9. The van der Waals surface area contributed by atoms with Gasteiger partial charge in [0.25, 0.3) is 0 Å². The summed E-state index contributed by atoms with van der Waals surface area (Å²) in [7, 11) is 0. The molecular weight excluding hydrogens is 499 g/mol. The molecule has 0 spiro atoms. The van der Waals surface area contributed by atoms with Crippen LogP contribution in [-0.2, 0) is 0 Å². The fourth-order valence-corrected chi connectivity index (χ4v) is 3.75. The van der Waals surface area contributed by atoms with Crippen molar-refractivity contribution in [3.63, 3.8) is 0 Å². The average molecular weight is 512 g/mol. The van der Waals surface area contributed by atoms with Gasteiger partial charge in [-0.3, -0.25) is 0 Å². The van der Waals surface area contributed by atoms with E-state index >= 15 is 0 Å². The second kappa shape index (κ2) is 9.60. The Bertz CT molecular complexity index is 1350. The van der Waals surface area contributed by atoms with Gasteiger partial charge in [0.2, 0.25) is 0 Å². The summed E-state index contributed by atoms with van der Waals surface area (Å²) in [5, 5.41) is 0. The van der Waals surface area contributed by atoms with Gasteiger partial charge in [0.1, 0.15) is 5.75 Å². The van der Waals surface area contributed by atoms with Gasteiger partial charge in [0.05, 0.1) is 6.61 Å². The smallest absolute Gasteiger partial charge is 0.194 e. The predicted molar refractivity (Wildman–Crippen MR) is 114 cm³/mol. The van der Waals surface area contributed by atoms with E-state index in [1.54, 1.807) is 6.92 Å². The molecule has 1 nitrogen and oxygen atoms in total. The highest BCUT2D eigenvalue weighted by molar-refractivity contribution is 5.95. The summed E-state index contributed by atoms with van der Waals surface area (Å²) in [6, 6.07) is 5.80. The Balaban J connectivity index is 2.18. The lowest BCUT2D eigenvalue weighted by atomic mass is 9.87. The summed E-state index contributed by atoms with van der Waals surface area (Å²) >= 11 is 0. The first-order valence-corrected chi connectivity index (χ1v) is 10.3. The molecule has 0 radical (unpaired) electrons. The predicted octanol–water partition coefficient (Wildman–Crippen LogP) is 8.34. The van der Waals surface area contributed by atoms with E-state index in [-0.39, 0.29) is 40.2 Å². The number of hydrogen-bond acceptors (Lipinski definition) is 1. The van der Waals surface area contributed by atoms with Crippen LogP contribution < -0.4 is 4.74 Å². The van der Waals surface area contributed by atoms with E-state index in [2.05, 4.69) is 0 Å². The van der Waals surface area contributed by atoms with Crippen molar-refractivity contribution < 1.29 is 44.3 Å². The maximum atomic E-state index is 14.2. The lowest BCUT2D eigenvalue weighted by molar-refractivity contribution is 0.340. The molecule has 0 fully saturated rings. The third kappa shape index (κ3) is 4.50. The summed E-state index contributed by atoms with van der Waals surface area (Å²) in [5.74, 6) is -15.1. The number of hydrogen-bond donors (Lipinski definition) is 0. The van der Waals surface area contributed by atoms with Crippen molar-refractivity contribution in [1.29, 1.82) is 0 Å². The Morgan fingerprint density at radius 2 is 0.778 bits per heavy atom. The quantitative estimate of drug-likeness (QED) is 0.193. The van der Waals surface area contributed by atoms with Crippen LogP contribution in [0.5, 0.6) is 5.75 Å². The molecule has 0 bridgehead atoms. The molecule has 0 aliphatic rings. The molecule has 0 amide bonds. The van der Waals surface area contributed by atoms with E-state index < -0.39 is 57.9 Å². The molecule has 0 aliphatic carbocycles. The van der Waals surface area contributed by atoms with Gasteiger partial charge in [-0.05, 0) is 88.8 Å². The molecule has 10 heteroatoms. The molecule has 0 saturated carbocycles. The average Bonchev–Trinajstić information content (AvgIpc) is 2.83. The zero-order chi connectivity index (χ0) is 26.3. The Labute approximate surface area is 198 Å². The molecule has 0 aliphatic heterocycles. The van der Waals surface area contributed by atoms with Gasteiger partial charge in [0.15, 0.2) is 52.4 Å². The van der Waals surface area contributed by atoms with E-state index in [4.69, 9.17) is 4.74 Å². The molecule has 4 aromatic rings. The monoisotopic (exact) mass is 512 g/mol. The van der Waals surface area contributed by atoms with Crippen molar-refractivity contribution in [2.45, 2.75) is 6.92 Å². The zero-order valence-electron chi connectivity index (χ0n) is 18.1. The molecule has 0 saturated heterocycles. The summed E-state index contributed by atoms with van der Waals surface area (Å²) in [4.78, 5) is 0. The maximum Gasteiger partial charge on any atom is 0.194 e. The third-order valence-corrected chi connectivity index (χ3v) is 5.29. The highest BCUT2D eigenvalue weighted by Crippen LogP contribution is 2.44. The van der Waals surface area contributed by atoms with Crippen molar-refractivity contribution in [2.24, 2.45) is 0 Å². The van der Waals surface area contributed by atoms with E-state index in [1.165, 1.54) is 12.1 Å². The van der Waals surface area contributed by atoms with Crippen molar-refractivity contribution in [1.82, 2.24) is 0 Å². The van der Waals surface area contributed by atoms with Gasteiger partial charge in [0, 0.05) is 0 Å². The Kier molecular flexibility index (Phi) is 6.71.